The first-order valence-corrected chi connectivity index (χ1v) is 7.23. The average molecular weight is 292 g/mol. The average Bonchev–Trinajstić information content (AvgIpc) is 2.75. The Hall–Kier alpha value is -1.68. The van der Waals surface area contributed by atoms with E-state index in [0.29, 0.717) is 10.8 Å². The van der Waals surface area contributed by atoms with Gasteiger partial charge in [0.1, 0.15) is 5.75 Å². The van der Waals surface area contributed by atoms with Gasteiger partial charge in [-0.15, -0.1) is 0 Å². The van der Waals surface area contributed by atoms with Crippen molar-refractivity contribution in [3.8, 4) is 16.9 Å². The van der Waals surface area contributed by atoms with Crippen LogP contribution in [0.15, 0.2) is 18.2 Å². The minimum Gasteiger partial charge on any atom is -0.496 e. The summed E-state index contributed by atoms with van der Waals surface area (Å²) in [4.78, 5) is 0. The van der Waals surface area contributed by atoms with Gasteiger partial charge < -0.3 is 10.5 Å². The minimum atomic E-state index is 0.500. The predicted molar refractivity (Wildman–Crippen MR) is 81.0 cm³/mol. The van der Waals surface area contributed by atoms with E-state index in [2.05, 4.69) is 10.2 Å². The SMILES string of the molecule is COc1ccc(Cl)cc1-c1c(N)n[nH]c1CC1CCC1. The van der Waals surface area contributed by atoms with Crippen LogP contribution in [0.25, 0.3) is 11.1 Å². The standard InChI is InChI=1S/C15H18ClN3O/c1-20-13-6-5-10(16)8-11(13)14-12(18-19-15(14)17)7-9-3-2-4-9/h5-6,8-9H,2-4,7H2,1H3,(H3,17,18,19). The Kier molecular flexibility index (Phi) is 3.57. The summed E-state index contributed by atoms with van der Waals surface area (Å²) in [7, 11) is 1.65. The van der Waals surface area contributed by atoms with Crippen LogP contribution in [-0.2, 0) is 6.42 Å². The molecule has 4 nitrogen and oxygen atoms in total. The molecule has 0 bridgehead atoms. The van der Waals surface area contributed by atoms with E-state index in [-0.39, 0.29) is 0 Å². The molecule has 1 heterocycles. The third-order valence-electron chi connectivity index (χ3n) is 4.02. The molecular formula is C15H18ClN3O. The molecule has 2 aromatic rings. The first kappa shape index (κ1) is 13.3. The lowest BCUT2D eigenvalue weighted by Crippen LogP contribution is -2.14. The van der Waals surface area contributed by atoms with E-state index < -0.39 is 0 Å². The van der Waals surface area contributed by atoms with Crippen LogP contribution < -0.4 is 10.5 Å². The molecule has 0 amide bonds. The number of nitrogen functional groups attached to an aromatic ring is 1. The quantitative estimate of drug-likeness (QED) is 0.903. The molecule has 1 aliphatic carbocycles. The first-order valence-electron chi connectivity index (χ1n) is 6.85. The zero-order valence-corrected chi connectivity index (χ0v) is 12.2. The monoisotopic (exact) mass is 291 g/mol. The number of nitrogens with one attached hydrogen (secondary N) is 1. The number of aromatic amines is 1. The molecule has 1 aromatic heterocycles. The second-order valence-corrected chi connectivity index (χ2v) is 5.74. The molecule has 1 fully saturated rings. The first-order chi connectivity index (χ1) is 9.69. The van der Waals surface area contributed by atoms with Crippen LogP contribution in [0.5, 0.6) is 5.75 Å². The Labute approximate surface area is 123 Å². The van der Waals surface area contributed by atoms with Crippen molar-refractivity contribution >= 4 is 17.4 Å². The van der Waals surface area contributed by atoms with Gasteiger partial charge in [0.15, 0.2) is 5.82 Å². The van der Waals surface area contributed by atoms with Crippen molar-refractivity contribution in [2.45, 2.75) is 25.7 Å². The number of nitrogens with zero attached hydrogens (tertiary/aromatic N) is 1. The Bertz CT molecular complexity index is 620. The number of hydrogen-bond acceptors (Lipinski definition) is 3. The Morgan fingerprint density at radius 1 is 1.45 bits per heavy atom. The van der Waals surface area contributed by atoms with Crippen LogP contribution >= 0.6 is 11.6 Å². The fourth-order valence-electron chi connectivity index (χ4n) is 2.70. The number of anilines is 1. The van der Waals surface area contributed by atoms with E-state index >= 15 is 0 Å². The predicted octanol–water partition coefficient (Wildman–Crippen LogP) is 3.66. The van der Waals surface area contributed by atoms with Crippen molar-refractivity contribution in [2.24, 2.45) is 5.92 Å². The molecule has 20 heavy (non-hydrogen) atoms. The lowest BCUT2D eigenvalue weighted by Gasteiger charge is -2.25. The van der Waals surface area contributed by atoms with Crippen LogP contribution in [0.2, 0.25) is 5.02 Å². The summed E-state index contributed by atoms with van der Waals surface area (Å²) in [5, 5.41) is 7.90. The topological polar surface area (TPSA) is 63.9 Å². The highest BCUT2D eigenvalue weighted by Gasteiger charge is 2.23. The van der Waals surface area contributed by atoms with Gasteiger partial charge in [-0.25, -0.2) is 0 Å². The maximum Gasteiger partial charge on any atom is 0.153 e. The molecule has 1 saturated carbocycles. The molecule has 0 aliphatic heterocycles. The van der Waals surface area contributed by atoms with Crippen molar-refractivity contribution in [2.75, 3.05) is 12.8 Å². The number of benzene rings is 1. The number of nitrogens with two attached hydrogens (primary N) is 1. The smallest absolute Gasteiger partial charge is 0.153 e. The number of hydrogen-bond donors (Lipinski definition) is 2. The van der Waals surface area contributed by atoms with Crippen molar-refractivity contribution in [1.82, 2.24) is 10.2 Å². The highest BCUT2D eigenvalue weighted by molar-refractivity contribution is 6.31. The summed E-state index contributed by atoms with van der Waals surface area (Å²) in [6.07, 6.45) is 4.87. The van der Waals surface area contributed by atoms with E-state index in [1.165, 1.54) is 19.3 Å². The number of methoxy groups -OCH3 is 1. The number of rotatable bonds is 4. The third kappa shape index (κ3) is 2.36. The van der Waals surface area contributed by atoms with Crippen molar-refractivity contribution in [1.29, 1.82) is 0 Å². The number of ether oxygens (including phenoxy) is 1. The van der Waals surface area contributed by atoms with Gasteiger partial charge in [0.05, 0.1) is 12.7 Å². The molecule has 1 aliphatic rings. The van der Waals surface area contributed by atoms with Crippen LogP contribution in [0, 0.1) is 5.92 Å². The molecular weight excluding hydrogens is 274 g/mol. The van der Waals surface area contributed by atoms with E-state index in [1.54, 1.807) is 7.11 Å². The fourth-order valence-corrected chi connectivity index (χ4v) is 2.88. The fraction of sp³-hybridized carbons (Fsp3) is 0.400. The molecule has 0 radical (unpaired) electrons. The number of halogens is 1. The molecule has 1 aromatic carbocycles. The largest absolute Gasteiger partial charge is 0.496 e. The van der Waals surface area contributed by atoms with Gasteiger partial charge in [-0.3, -0.25) is 5.10 Å². The third-order valence-corrected chi connectivity index (χ3v) is 4.25. The van der Waals surface area contributed by atoms with Gasteiger partial charge >= 0.3 is 0 Å². The van der Waals surface area contributed by atoms with Gasteiger partial charge in [0, 0.05) is 16.3 Å². The Morgan fingerprint density at radius 3 is 2.90 bits per heavy atom. The molecule has 5 heteroatoms. The normalized spacial score (nSPS) is 15.1. The summed E-state index contributed by atoms with van der Waals surface area (Å²) in [6.45, 7) is 0. The molecule has 3 N–H and O–H groups in total. The van der Waals surface area contributed by atoms with E-state index in [9.17, 15) is 0 Å². The summed E-state index contributed by atoms with van der Waals surface area (Å²) >= 11 is 6.11. The zero-order chi connectivity index (χ0) is 14.1. The maximum absolute atomic E-state index is 6.11. The summed E-state index contributed by atoms with van der Waals surface area (Å²) in [6, 6.07) is 5.55. The van der Waals surface area contributed by atoms with E-state index in [4.69, 9.17) is 22.1 Å². The van der Waals surface area contributed by atoms with Gasteiger partial charge in [-0.05, 0) is 30.5 Å². The van der Waals surface area contributed by atoms with Gasteiger partial charge in [-0.1, -0.05) is 30.9 Å². The van der Waals surface area contributed by atoms with Gasteiger partial charge in [0.2, 0.25) is 0 Å². The van der Waals surface area contributed by atoms with Gasteiger partial charge in [0.25, 0.3) is 0 Å². The zero-order valence-electron chi connectivity index (χ0n) is 11.4. The number of aromatic nitrogens is 2. The molecule has 106 valence electrons. The van der Waals surface area contributed by atoms with Crippen molar-refractivity contribution in [3.63, 3.8) is 0 Å². The lowest BCUT2D eigenvalue weighted by atomic mass is 9.81. The molecule has 0 saturated heterocycles. The highest BCUT2D eigenvalue weighted by atomic mass is 35.5. The second kappa shape index (κ2) is 5.37. The number of H-pyrrole nitrogens is 1. The molecule has 0 spiro atoms. The van der Waals surface area contributed by atoms with Gasteiger partial charge in [-0.2, -0.15) is 5.10 Å². The van der Waals surface area contributed by atoms with Crippen LogP contribution in [0.3, 0.4) is 0 Å². The Balaban J connectivity index is 2.04. The van der Waals surface area contributed by atoms with Crippen molar-refractivity contribution in [3.05, 3.63) is 28.9 Å². The molecule has 0 atom stereocenters. The minimum absolute atomic E-state index is 0.500. The van der Waals surface area contributed by atoms with Crippen LogP contribution in [0.1, 0.15) is 25.0 Å². The van der Waals surface area contributed by atoms with Crippen molar-refractivity contribution < 1.29 is 4.74 Å². The summed E-state index contributed by atoms with van der Waals surface area (Å²) < 4.78 is 5.42. The molecule has 0 unspecified atom stereocenters. The van der Waals surface area contributed by atoms with Crippen LogP contribution in [0.4, 0.5) is 5.82 Å². The summed E-state index contributed by atoms with van der Waals surface area (Å²) in [5.41, 5.74) is 8.95. The molecule has 3 rings (SSSR count). The van der Waals surface area contributed by atoms with E-state index in [0.717, 1.165) is 34.9 Å². The highest BCUT2D eigenvalue weighted by Crippen LogP contribution is 2.39. The Morgan fingerprint density at radius 2 is 2.25 bits per heavy atom. The lowest BCUT2D eigenvalue weighted by molar-refractivity contribution is 0.312. The van der Waals surface area contributed by atoms with E-state index in [1.807, 2.05) is 18.2 Å². The van der Waals surface area contributed by atoms with Crippen LogP contribution in [-0.4, -0.2) is 17.3 Å². The maximum atomic E-state index is 6.11. The second-order valence-electron chi connectivity index (χ2n) is 5.31. The summed E-state index contributed by atoms with van der Waals surface area (Å²) in [5.74, 6) is 2.00.